The lowest BCUT2D eigenvalue weighted by atomic mass is 9.92. The van der Waals surface area contributed by atoms with E-state index in [2.05, 4.69) is 15.8 Å². The molecule has 0 unspecified atom stereocenters. The summed E-state index contributed by atoms with van der Waals surface area (Å²) in [7, 11) is 0. The van der Waals surface area contributed by atoms with Gasteiger partial charge in [0, 0.05) is 24.2 Å². The Morgan fingerprint density at radius 1 is 1.24 bits per heavy atom. The van der Waals surface area contributed by atoms with Crippen molar-refractivity contribution in [1.29, 1.82) is 0 Å². The molecule has 7 nitrogen and oxygen atoms in total. The highest BCUT2D eigenvalue weighted by molar-refractivity contribution is 6.42. The molecule has 2 amide bonds. The molecule has 2 aliphatic carbocycles. The number of rotatable bonds is 6. The summed E-state index contributed by atoms with van der Waals surface area (Å²) >= 11 is 11.8. The number of urea groups is 1. The van der Waals surface area contributed by atoms with Crippen molar-refractivity contribution >= 4 is 47.1 Å². The Kier molecular flexibility index (Phi) is 7.16. The number of anilines is 1. The molecule has 0 aliphatic heterocycles. The first-order chi connectivity index (χ1) is 13.8. The summed E-state index contributed by atoms with van der Waals surface area (Å²) in [5.41, 5.74) is 4.14. The van der Waals surface area contributed by atoms with Crippen molar-refractivity contribution in [2.24, 2.45) is 22.9 Å². The van der Waals surface area contributed by atoms with Crippen molar-refractivity contribution < 1.29 is 19.8 Å². The summed E-state index contributed by atoms with van der Waals surface area (Å²) in [6.07, 6.45) is 6.18. The Morgan fingerprint density at radius 3 is 2.76 bits per heavy atom. The zero-order chi connectivity index (χ0) is 21.0. The molecule has 0 bridgehead atoms. The fourth-order valence-electron chi connectivity index (χ4n) is 4.19. The topological polar surface area (TPSA) is 111 Å². The Hall–Kier alpha value is -2.09. The van der Waals surface area contributed by atoms with E-state index in [1.165, 1.54) is 11.6 Å². The number of hydrazone groups is 1. The number of halogens is 2. The predicted octanol–water partition coefficient (Wildman–Crippen LogP) is 4.30. The summed E-state index contributed by atoms with van der Waals surface area (Å²) in [6.45, 7) is 0. The van der Waals surface area contributed by atoms with Crippen LogP contribution in [0.1, 0.15) is 32.1 Å². The van der Waals surface area contributed by atoms with E-state index in [9.17, 15) is 14.7 Å². The predicted molar refractivity (Wildman–Crippen MR) is 112 cm³/mol. The van der Waals surface area contributed by atoms with Gasteiger partial charge in [-0.1, -0.05) is 34.9 Å². The lowest BCUT2D eigenvalue weighted by molar-refractivity contribution is -0.136. The fraction of sp³-hybridized carbons (Fsp3) is 0.450. The fourth-order valence-corrected chi connectivity index (χ4v) is 4.49. The third kappa shape index (κ3) is 5.72. The van der Waals surface area contributed by atoms with E-state index in [1.807, 2.05) is 6.08 Å². The molecule has 4 atom stereocenters. The van der Waals surface area contributed by atoms with Gasteiger partial charge in [0.25, 0.3) is 0 Å². The van der Waals surface area contributed by atoms with E-state index in [0.29, 0.717) is 34.5 Å². The number of carboxylic acids is 1. The number of benzene rings is 1. The Labute approximate surface area is 178 Å². The molecular formula is C20H23Cl2N3O4. The minimum Gasteiger partial charge on any atom is -0.481 e. The average Bonchev–Trinajstić information content (AvgIpc) is 3.15. The van der Waals surface area contributed by atoms with Crippen molar-refractivity contribution in [3.05, 3.63) is 39.9 Å². The average molecular weight is 440 g/mol. The number of hydrogen-bond acceptors (Lipinski definition) is 4. The van der Waals surface area contributed by atoms with Gasteiger partial charge >= 0.3 is 12.0 Å². The summed E-state index contributed by atoms with van der Waals surface area (Å²) in [6, 6.07) is 4.22. The second kappa shape index (κ2) is 9.61. The standard InChI is InChI=1S/C20H23Cl2N3O4/c21-16-5-4-13(9-17(16)22)24-20(29)25-23-10-15-14-7-11(2-1-3-19(27)28)6-12(14)8-18(15)26/h2,4-5,9-10,12,14-15,18,26H,1,3,6-8H2,(H,27,28)(H2,24,25,29)/b11-2-,23-10+/t12-,14-,15+,18+/m0/s1. The quantitative estimate of drug-likeness (QED) is 0.300. The van der Waals surface area contributed by atoms with Crippen LogP contribution in [0, 0.1) is 17.8 Å². The van der Waals surface area contributed by atoms with Crippen LogP contribution >= 0.6 is 23.2 Å². The first kappa shape index (κ1) is 21.6. The largest absolute Gasteiger partial charge is 0.481 e. The monoisotopic (exact) mass is 439 g/mol. The van der Waals surface area contributed by atoms with E-state index >= 15 is 0 Å². The number of hydrogen-bond donors (Lipinski definition) is 4. The van der Waals surface area contributed by atoms with Gasteiger partial charge in [-0.25, -0.2) is 10.2 Å². The van der Waals surface area contributed by atoms with Gasteiger partial charge in [-0.2, -0.15) is 5.10 Å². The zero-order valence-corrected chi connectivity index (χ0v) is 17.2. The zero-order valence-electron chi connectivity index (χ0n) is 15.6. The molecule has 2 fully saturated rings. The molecule has 9 heteroatoms. The van der Waals surface area contributed by atoms with E-state index in [1.54, 1.807) is 18.3 Å². The van der Waals surface area contributed by atoms with Gasteiger partial charge in [-0.15, -0.1) is 0 Å². The molecule has 0 saturated heterocycles. The Bertz CT molecular complexity index is 843. The number of allylic oxidation sites excluding steroid dienone is 2. The molecule has 0 spiro atoms. The number of amides is 2. The number of aliphatic hydroxyl groups is 1. The highest BCUT2D eigenvalue weighted by atomic mass is 35.5. The molecule has 2 aliphatic rings. The molecule has 2 saturated carbocycles. The molecule has 1 aromatic rings. The van der Waals surface area contributed by atoms with Gasteiger partial charge in [0.05, 0.1) is 16.1 Å². The van der Waals surface area contributed by atoms with Crippen LogP contribution < -0.4 is 10.7 Å². The lowest BCUT2D eigenvalue weighted by Crippen LogP contribution is -2.27. The summed E-state index contributed by atoms with van der Waals surface area (Å²) in [5, 5.41) is 26.4. The van der Waals surface area contributed by atoms with Crippen LogP contribution in [0.25, 0.3) is 0 Å². The van der Waals surface area contributed by atoms with Gasteiger partial charge < -0.3 is 15.5 Å². The highest BCUT2D eigenvalue weighted by Crippen LogP contribution is 2.49. The van der Waals surface area contributed by atoms with Crippen LogP contribution in [0.4, 0.5) is 10.5 Å². The van der Waals surface area contributed by atoms with Crippen LogP contribution in [-0.4, -0.2) is 34.5 Å². The minimum absolute atomic E-state index is 0.129. The molecule has 1 aromatic carbocycles. The van der Waals surface area contributed by atoms with Crippen molar-refractivity contribution in [3.8, 4) is 0 Å². The van der Waals surface area contributed by atoms with Gasteiger partial charge in [-0.05, 0) is 55.7 Å². The number of carbonyl (C=O) groups is 2. The number of carbonyl (C=O) groups excluding carboxylic acids is 1. The van der Waals surface area contributed by atoms with Gasteiger partial charge in [0.2, 0.25) is 0 Å². The van der Waals surface area contributed by atoms with Crippen molar-refractivity contribution in [1.82, 2.24) is 5.43 Å². The molecule has 0 radical (unpaired) electrons. The van der Waals surface area contributed by atoms with Gasteiger partial charge in [0.15, 0.2) is 0 Å². The number of nitrogens with zero attached hydrogens (tertiary/aromatic N) is 1. The lowest BCUT2D eigenvalue weighted by Gasteiger charge is -2.16. The van der Waals surface area contributed by atoms with Gasteiger partial charge in [0.1, 0.15) is 0 Å². The van der Waals surface area contributed by atoms with Crippen LogP contribution in [-0.2, 0) is 4.79 Å². The molecule has 3 rings (SSSR count). The second-order valence-corrected chi connectivity index (χ2v) is 8.29. The van der Waals surface area contributed by atoms with E-state index in [-0.39, 0.29) is 18.3 Å². The second-order valence-electron chi connectivity index (χ2n) is 7.48. The highest BCUT2D eigenvalue weighted by Gasteiger charge is 2.45. The number of carboxylic acid groups (broad SMARTS) is 1. The number of nitrogens with one attached hydrogen (secondary N) is 2. The summed E-state index contributed by atoms with van der Waals surface area (Å²) < 4.78 is 0. The maximum atomic E-state index is 12.0. The third-order valence-corrected chi connectivity index (χ3v) is 6.23. The van der Waals surface area contributed by atoms with Gasteiger partial charge in [-0.3, -0.25) is 4.79 Å². The molecular weight excluding hydrogens is 417 g/mol. The van der Waals surface area contributed by atoms with E-state index in [4.69, 9.17) is 28.3 Å². The van der Waals surface area contributed by atoms with Crippen LogP contribution in [0.2, 0.25) is 10.0 Å². The molecule has 156 valence electrons. The Balaban J connectivity index is 1.52. The van der Waals surface area contributed by atoms with E-state index in [0.717, 1.165) is 12.8 Å². The molecule has 0 aromatic heterocycles. The SMILES string of the molecule is O=C(O)CC/C=C1/C[C@H]2C[C@@H](O)[C@H](/C=N/NC(=O)Nc3ccc(Cl)c(Cl)c3)[C@H]2C1. The van der Waals surface area contributed by atoms with Crippen LogP contribution in [0.15, 0.2) is 34.9 Å². The molecule has 0 heterocycles. The third-order valence-electron chi connectivity index (χ3n) is 5.49. The van der Waals surface area contributed by atoms with Crippen molar-refractivity contribution in [2.75, 3.05) is 5.32 Å². The van der Waals surface area contributed by atoms with Crippen LogP contribution in [0.3, 0.4) is 0 Å². The minimum atomic E-state index is -0.800. The normalized spacial score (nSPS) is 27.3. The van der Waals surface area contributed by atoms with Crippen LogP contribution in [0.5, 0.6) is 0 Å². The first-order valence-electron chi connectivity index (χ1n) is 9.46. The summed E-state index contributed by atoms with van der Waals surface area (Å²) in [5.74, 6) is -0.325. The number of fused-ring (bicyclic) bond motifs is 1. The maximum Gasteiger partial charge on any atom is 0.339 e. The smallest absolute Gasteiger partial charge is 0.339 e. The Morgan fingerprint density at radius 2 is 2.03 bits per heavy atom. The van der Waals surface area contributed by atoms with E-state index < -0.39 is 18.1 Å². The number of aliphatic carboxylic acids is 1. The first-order valence-corrected chi connectivity index (χ1v) is 10.2. The number of aliphatic hydroxyl groups excluding tert-OH is 1. The van der Waals surface area contributed by atoms with Crippen molar-refractivity contribution in [2.45, 2.75) is 38.2 Å². The maximum absolute atomic E-state index is 12.0. The molecule has 29 heavy (non-hydrogen) atoms. The van der Waals surface area contributed by atoms with Crippen molar-refractivity contribution in [3.63, 3.8) is 0 Å². The molecule has 4 N–H and O–H groups in total. The summed E-state index contributed by atoms with van der Waals surface area (Å²) in [4.78, 5) is 22.6.